The van der Waals surface area contributed by atoms with Gasteiger partial charge in [0.25, 0.3) is 0 Å². The quantitative estimate of drug-likeness (QED) is 0.835. The van der Waals surface area contributed by atoms with Crippen molar-refractivity contribution in [1.82, 2.24) is 9.88 Å². The van der Waals surface area contributed by atoms with Crippen LogP contribution in [0.5, 0.6) is 0 Å². The van der Waals surface area contributed by atoms with Gasteiger partial charge in [-0.3, -0.25) is 0 Å². The van der Waals surface area contributed by atoms with Crippen LogP contribution in [0, 0.1) is 5.82 Å². The molecule has 124 valence electrons. The molecule has 2 atom stereocenters. The lowest BCUT2D eigenvalue weighted by atomic mass is 9.94. The molecule has 1 amide bonds. The fourth-order valence-electron chi connectivity index (χ4n) is 3.10. The molecule has 23 heavy (non-hydrogen) atoms. The van der Waals surface area contributed by atoms with Gasteiger partial charge in [0.15, 0.2) is 0 Å². The molecule has 1 aromatic heterocycles. The van der Waals surface area contributed by atoms with E-state index in [4.69, 9.17) is 16.3 Å². The Hall–Kier alpha value is -1.75. The van der Waals surface area contributed by atoms with Crippen LogP contribution in [-0.2, 0) is 11.2 Å². The van der Waals surface area contributed by atoms with Gasteiger partial charge in [0.2, 0.25) is 0 Å². The number of aromatic nitrogens is 1. The van der Waals surface area contributed by atoms with Gasteiger partial charge in [-0.1, -0.05) is 11.6 Å². The average Bonchev–Trinajstić information content (AvgIpc) is 2.85. The topological polar surface area (TPSA) is 43.3 Å². The lowest BCUT2D eigenvalue weighted by Crippen LogP contribution is -2.45. The van der Waals surface area contributed by atoms with Gasteiger partial charge in [-0.15, -0.1) is 0 Å². The lowest BCUT2D eigenvalue weighted by molar-refractivity contribution is 0.0488. The van der Waals surface area contributed by atoms with Crippen LogP contribution in [0.25, 0.3) is 10.9 Å². The molecule has 1 N–H and O–H groups in total. The predicted molar refractivity (Wildman–Crippen MR) is 88.5 cm³/mol. The summed E-state index contributed by atoms with van der Waals surface area (Å²) in [6.07, 6.45) is 1.96. The zero-order chi connectivity index (χ0) is 16.9. The summed E-state index contributed by atoms with van der Waals surface area (Å²) >= 11 is 6.06. The van der Waals surface area contributed by atoms with Crippen LogP contribution < -0.4 is 5.32 Å². The summed E-state index contributed by atoms with van der Waals surface area (Å²) in [6.45, 7) is 7.47. The second-order valence-electron chi connectivity index (χ2n) is 7.01. The van der Waals surface area contributed by atoms with Crippen molar-refractivity contribution in [3.63, 3.8) is 0 Å². The zero-order valence-electron chi connectivity index (χ0n) is 13.6. The maximum atomic E-state index is 14.0. The van der Waals surface area contributed by atoms with Crippen molar-refractivity contribution >= 4 is 28.6 Å². The number of carbonyl (C=O) groups excluding carboxylic acids is 1. The van der Waals surface area contributed by atoms with Crippen molar-refractivity contribution in [1.29, 1.82) is 0 Å². The van der Waals surface area contributed by atoms with E-state index in [1.807, 2.05) is 44.5 Å². The molecule has 0 fully saturated rings. The summed E-state index contributed by atoms with van der Waals surface area (Å²) in [5.74, 6) is -0.433. The van der Waals surface area contributed by atoms with Crippen LogP contribution in [0.1, 0.15) is 39.3 Å². The highest BCUT2D eigenvalue weighted by atomic mass is 35.5. The second-order valence-corrected chi connectivity index (χ2v) is 7.39. The summed E-state index contributed by atoms with van der Waals surface area (Å²) in [4.78, 5) is 12.0. The SMILES string of the molecule is C[C@@H]1[C@@H](NC(=O)OC(C)(C)C)Cc2cc(F)c(Cl)c3ccn1c23. The lowest BCUT2D eigenvalue weighted by Gasteiger charge is -2.33. The first-order valence-electron chi connectivity index (χ1n) is 7.64. The Morgan fingerprint density at radius 2 is 2.17 bits per heavy atom. The smallest absolute Gasteiger partial charge is 0.407 e. The first-order valence-corrected chi connectivity index (χ1v) is 8.02. The maximum absolute atomic E-state index is 14.0. The Balaban J connectivity index is 1.91. The molecular weight excluding hydrogens is 319 g/mol. The minimum Gasteiger partial charge on any atom is -0.444 e. The van der Waals surface area contributed by atoms with Gasteiger partial charge >= 0.3 is 6.09 Å². The molecule has 0 saturated heterocycles. The fourth-order valence-corrected chi connectivity index (χ4v) is 3.31. The van der Waals surface area contributed by atoms with Crippen molar-refractivity contribution in [2.75, 3.05) is 0 Å². The molecule has 0 bridgehead atoms. The summed E-state index contributed by atoms with van der Waals surface area (Å²) in [5.41, 5.74) is 1.22. The molecule has 0 aliphatic carbocycles. The van der Waals surface area contributed by atoms with Gasteiger partial charge in [0, 0.05) is 11.6 Å². The highest BCUT2D eigenvalue weighted by Gasteiger charge is 2.31. The van der Waals surface area contributed by atoms with Gasteiger partial charge < -0.3 is 14.6 Å². The van der Waals surface area contributed by atoms with E-state index in [1.165, 1.54) is 6.07 Å². The van der Waals surface area contributed by atoms with Gasteiger partial charge in [-0.25, -0.2) is 9.18 Å². The van der Waals surface area contributed by atoms with E-state index in [9.17, 15) is 9.18 Å². The monoisotopic (exact) mass is 338 g/mol. The standard InChI is InChI=1S/C17H20ClFN2O2/c1-9-13(20-16(22)23-17(2,3)4)8-10-7-12(19)14(18)11-5-6-21(9)15(10)11/h5-7,9,13H,8H2,1-4H3,(H,20,22)/t9-,13+/m1/s1. The number of hydrogen-bond acceptors (Lipinski definition) is 2. The third kappa shape index (κ3) is 2.90. The average molecular weight is 339 g/mol. The van der Waals surface area contributed by atoms with E-state index >= 15 is 0 Å². The highest BCUT2D eigenvalue weighted by molar-refractivity contribution is 6.35. The third-order valence-corrected chi connectivity index (χ3v) is 4.51. The van der Waals surface area contributed by atoms with E-state index in [0.717, 1.165) is 11.1 Å². The number of benzene rings is 1. The summed E-state index contributed by atoms with van der Waals surface area (Å²) in [7, 11) is 0. The van der Waals surface area contributed by atoms with E-state index in [1.54, 1.807) is 0 Å². The Labute approximate surface area is 139 Å². The number of rotatable bonds is 1. The van der Waals surface area contributed by atoms with Crippen LogP contribution in [0.15, 0.2) is 18.3 Å². The van der Waals surface area contributed by atoms with E-state index < -0.39 is 17.5 Å². The Bertz CT molecular complexity index is 779. The largest absolute Gasteiger partial charge is 0.444 e. The van der Waals surface area contributed by atoms with Gasteiger partial charge in [-0.05, 0) is 51.8 Å². The van der Waals surface area contributed by atoms with Gasteiger partial charge in [-0.2, -0.15) is 0 Å². The fraction of sp³-hybridized carbons (Fsp3) is 0.471. The van der Waals surface area contributed by atoms with Crippen LogP contribution in [0.4, 0.5) is 9.18 Å². The number of ether oxygens (including phenoxy) is 1. The van der Waals surface area contributed by atoms with Gasteiger partial charge in [0.05, 0.1) is 22.6 Å². The molecule has 6 heteroatoms. The molecule has 0 unspecified atom stereocenters. The van der Waals surface area contributed by atoms with E-state index in [0.29, 0.717) is 11.8 Å². The minimum absolute atomic E-state index is 0.0223. The zero-order valence-corrected chi connectivity index (χ0v) is 14.4. The van der Waals surface area contributed by atoms with Crippen molar-refractivity contribution in [3.8, 4) is 0 Å². The molecule has 0 radical (unpaired) electrons. The predicted octanol–water partition coefficient (Wildman–Crippen LogP) is 4.44. The van der Waals surface area contributed by atoms with Crippen LogP contribution in [0.2, 0.25) is 5.02 Å². The Morgan fingerprint density at radius 1 is 1.48 bits per heavy atom. The van der Waals surface area contributed by atoms with Crippen LogP contribution in [-0.4, -0.2) is 22.3 Å². The molecule has 1 aromatic carbocycles. The molecule has 3 rings (SSSR count). The third-order valence-electron chi connectivity index (χ3n) is 4.13. The molecule has 2 heterocycles. The number of nitrogens with zero attached hydrogens (tertiary/aromatic N) is 1. The first kappa shape index (κ1) is 16.1. The number of hydrogen-bond donors (Lipinski definition) is 1. The van der Waals surface area contributed by atoms with Crippen LogP contribution in [0.3, 0.4) is 0 Å². The number of nitrogens with one attached hydrogen (secondary N) is 1. The maximum Gasteiger partial charge on any atom is 0.407 e. The molecule has 0 saturated carbocycles. The summed E-state index contributed by atoms with van der Waals surface area (Å²) < 4.78 is 21.3. The summed E-state index contributed by atoms with van der Waals surface area (Å²) in [5, 5.41) is 3.75. The van der Waals surface area contributed by atoms with Crippen molar-refractivity contribution in [2.45, 2.75) is 51.8 Å². The summed E-state index contributed by atoms with van der Waals surface area (Å²) in [6, 6.07) is 3.12. The van der Waals surface area contributed by atoms with E-state index in [-0.39, 0.29) is 17.1 Å². The van der Waals surface area contributed by atoms with Crippen molar-refractivity contribution in [2.24, 2.45) is 0 Å². The van der Waals surface area contributed by atoms with E-state index in [2.05, 4.69) is 5.32 Å². The number of halogens is 2. The van der Waals surface area contributed by atoms with Crippen LogP contribution >= 0.6 is 11.6 Å². The molecule has 1 aliphatic rings. The number of amides is 1. The Kier molecular flexibility index (Phi) is 3.79. The molecule has 4 nitrogen and oxygen atoms in total. The molecule has 2 aromatic rings. The first-order chi connectivity index (χ1) is 10.7. The normalized spacial score (nSPS) is 20.6. The van der Waals surface area contributed by atoms with Crippen molar-refractivity contribution < 1.29 is 13.9 Å². The molecular formula is C17H20ClFN2O2. The Morgan fingerprint density at radius 3 is 2.83 bits per heavy atom. The minimum atomic E-state index is -0.555. The highest BCUT2D eigenvalue weighted by Crippen LogP contribution is 2.37. The molecule has 0 spiro atoms. The molecule has 1 aliphatic heterocycles. The van der Waals surface area contributed by atoms with Crippen molar-refractivity contribution in [3.05, 3.63) is 34.7 Å². The second kappa shape index (κ2) is 5.41. The number of alkyl carbamates (subject to hydrolysis) is 1. The van der Waals surface area contributed by atoms with Gasteiger partial charge in [0.1, 0.15) is 11.4 Å². The number of carbonyl (C=O) groups is 1.